The molecule has 0 bridgehead atoms. The average molecular weight is 235 g/mol. The number of aliphatic hydroxyl groups excluding tert-OH is 1. The van der Waals surface area contributed by atoms with Gasteiger partial charge in [-0.25, -0.2) is 0 Å². The van der Waals surface area contributed by atoms with E-state index in [2.05, 4.69) is 10.1 Å². The van der Waals surface area contributed by atoms with Gasteiger partial charge in [0.1, 0.15) is 6.10 Å². The van der Waals surface area contributed by atoms with E-state index in [0.717, 1.165) is 0 Å². The van der Waals surface area contributed by atoms with Gasteiger partial charge in [-0.05, 0) is 19.1 Å². The molecule has 0 saturated carbocycles. The summed E-state index contributed by atoms with van der Waals surface area (Å²) in [5, 5.41) is 23.3. The zero-order valence-corrected chi connectivity index (χ0v) is 8.90. The van der Waals surface area contributed by atoms with Crippen LogP contribution in [0.3, 0.4) is 0 Å². The Labute approximate surface area is 95.9 Å². The van der Waals surface area contributed by atoms with Gasteiger partial charge in [-0.2, -0.15) is 4.98 Å². The third-order valence-electron chi connectivity index (χ3n) is 2.14. The van der Waals surface area contributed by atoms with Crippen molar-refractivity contribution in [3.05, 3.63) is 40.3 Å². The topological polar surface area (TPSA) is 102 Å². The molecule has 0 aliphatic carbocycles. The van der Waals surface area contributed by atoms with Gasteiger partial charge >= 0.3 is 0 Å². The summed E-state index contributed by atoms with van der Waals surface area (Å²) in [6.07, 6.45) is -0.839. The van der Waals surface area contributed by atoms with Crippen LogP contribution in [-0.2, 0) is 0 Å². The number of hydrogen-bond acceptors (Lipinski definition) is 6. The summed E-state index contributed by atoms with van der Waals surface area (Å²) in [4.78, 5) is 13.9. The minimum Gasteiger partial charge on any atom is -0.384 e. The van der Waals surface area contributed by atoms with Gasteiger partial charge in [-0.1, -0.05) is 5.16 Å². The van der Waals surface area contributed by atoms with Gasteiger partial charge in [0.2, 0.25) is 5.82 Å². The summed E-state index contributed by atoms with van der Waals surface area (Å²) in [7, 11) is 0. The number of aromatic nitrogens is 2. The predicted octanol–water partition coefficient (Wildman–Crippen LogP) is 1.70. The lowest BCUT2D eigenvalue weighted by molar-refractivity contribution is -0.384. The Morgan fingerprint density at radius 1 is 1.41 bits per heavy atom. The van der Waals surface area contributed by atoms with E-state index in [1.165, 1.54) is 31.2 Å². The zero-order valence-electron chi connectivity index (χ0n) is 8.90. The van der Waals surface area contributed by atoms with Crippen LogP contribution in [0.1, 0.15) is 18.9 Å². The summed E-state index contributed by atoms with van der Waals surface area (Å²) >= 11 is 0. The molecule has 1 aromatic carbocycles. The standard InChI is InChI=1S/C10H9N3O4/c1-6(14)10-11-9(12-17-10)7-2-4-8(5-3-7)13(15)16/h2-6,14H,1H3/t6-/m0/s1. The van der Waals surface area contributed by atoms with Crippen molar-refractivity contribution < 1.29 is 14.6 Å². The Bertz CT molecular complexity index is 533. The van der Waals surface area contributed by atoms with Gasteiger partial charge < -0.3 is 9.63 Å². The minimum absolute atomic E-state index is 0.00649. The van der Waals surface area contributed by atoms with Gasteiger partial charge in [0, 0.05) is 17.7 Å². The molecule has 0 aliphatic rings. The molecular weight excluding hydrogens is 226 g/mol. The summed E-state index contributed by atoms with van der Waals surface area (Å²) in [5.41, 5.74) is 0.583. The molecule has 1 atom stereocenters. The molecule has 0 amide bonds. The normalized spacial score (nSPS) is 12.4. The lowest BCUT2D eigenvalue weighted by atomic mass is 10.2. The van der Waals surface area contributed by atoms with Gasteiger partial charge in [-0.15, -0.1) is 0 Å². The van der Waals surface area contributed by atoms with Crippen molar-refractivity contribution in [3.63, 3.8) is 0 Å². The molecule has 0 unspecified atom stereocenters. The van der Waals surface area contributed by atoms with Gasteiger partial charge in [-0.3, -0.25) is 10.1 Å². The first-order valence-corrected chi connectivity index (χ1v) is 4.84. The number of hydrogen-bond donors (Lipinski definition) is 1. The van der Waals surface area contributed by atoms with Crippen molar-refractivity contribution in [1.82, 2.24) is 10.1 Å². The molecule has 0 spiro atoms. The van der Waals surface area contributed by atoms with Crippen molar-refractivity contribution in [1.29, 1.82) is 0 Å². The highest BCUT2D eigenvalue weighted by atomic mass is 16.6. The van der Waals surface area contributed by atoms with Crippen LogP contribution in [0.4, 0.5) is 5.69 Å². The lowest BCUT2D eigenvalue weighted by Crippen LogP contribution is -1.91. The second kappa shape index (κ2) is 4.30. The molecular formula is C10H9N3O4. The summed E-state index contributed by atoms with van der Waals surface area (Å²) < 4.78 is 4.81. The maximum absolute atomic E-state index is 10.5. The number of nitro groups is 1. The van der Waals surface area contributed by atoms with Crippen molar-refractivity contribution in [2.24, 2.45) is 0 Å². The van der Waals surface area contributed by atoms with Gasteiger partial charge in [0.15, 0.2) is 0 Å². The molecule has 17 heavy (non-hydrogen) atoms. The van der Waals surface area contributed by atoms with E-state index in [0.29, 0.717) is 5.56 Å². The Hall–Kier alpha value is -2.28. The predicted molar refractivity (Wildman–Crippen MR) is 57.0 cm³/mol. The fourth-order valence-electron chi connectivity index (χ4n) is 1.25. The molecule has 7 heteroatoms. The van der Waals surface area contributed by atoms with E-state index in [-0.39, 0.29) is 17.4 Å². The molecule has 2 aromatic rings. The average Bonchev–Trinajstić information content (AvgIpc) is 2.78. The maximum atomic E-state index is 10.5. The number of benzene rings is 1. The number of non-ortho nitro benzene ring substituents is 1. The zero-order chi connectivity index (χ0) is 12.4. The molecule has 0 saturated heterocycles. The molecule has 1 aromatic heterocycles. The molecule has 88 valence electrons. The lowest BCUT2D eigenvalue weighted by Gasteiger charge is -1.94. The first-order valence-electron chi connectivity index (χ1n) is 4.84. The molecule has 0 radical (unpaired) electrons. The van der Waals surface area contributed by atoms with Crippen molar-refractivity contribution in [2.45, 2.75) is 13.0 Å². The third-order valence-corrected chi connectivity index (χ3v) is 2.14. The summed E-state index contributed by atoms with van der Waals surface area (Å²) in [6.45, 7) is 1.51. The first-order chi connectivity index (χ1) is 8.08. The largest absolute Gasteiger partial charge is 0.384 e. The minimum atomic E-state index is -0.839. The Morgan fingerprint density at radius 2 is 2.06 bits per heavy atom. The Balaban J connectivity index is 2.30. The third kappa shape index (κ3) is 2.28. The van der Waals surface area contributed by atoms with E-state index < -0.39 is 11.0 Å². The summed E-state index contributed by atoms with van der Waals surface area (Å²) in [6, 6.07) is 5.76. The summed E-state index contributed by atoms with van der Waals surface area (Å²) in [5.74, 6) is 0.397. The Kier molecular flexibility index (Phi) is 2.84. The quantitative estimate of drug-likeness (QED) is 0.641. The van der Waals surface area contributed by atoms with Crippen LogP contribution in [-0.4, -0.2) is 20.2 Å². The molecule has 2 rings (SSSR count). The highest BCUT2D eigenvalue weighted by Crippen LogP contribution is 2.21. The van der Waals surface area contributed by atoms with E-state index in [4.69, 9.17) is 4.52 Å². The maximum Gasteiger partial charge on any atom is 0.269 e. The fraction of sp³-hybridized carbons (Fsp3) is 0.200. The number of nitro benzene ring substituents is 1. The highest BCUT2D eigenvalue weighted by Gasteiger charge is 2.13. The first kappa shape index (κ1) is 11.2. The van der Waals surface area contributed by atoms with E-state index in [1.807, 2.05) is 0 Å². The van der Waals surface area contributed by atoms with Crippen LogP contribution in [0.15, 0.2) is 28.8 Å². The Morgan fingerprint density at radius 3 is 2.53 bits per heavy atom. The van der Waals surface area contributed by atoms with E-state index in [9.17, 15) is 15.2 Å². The van der Waals surface area contributed by atoms with Crippen LogP contribution < -0.4 is 0 Å². The van der Waals surface area contributed by atoms with Crippen LogP contribution in [0.2, 0.25) is 0 Å². The second-order valence-electron chi connectivity index (χ2n) is 3.44. The van der Waals surface area contributed by atoms with E-state index in [1.54, 1.807) is 0 Å². The monoisotopic (exact) mass is 235 g/mol. The molecule has 0 fully saturated rings. The molecule has 0 aliphatic heterocycles. The van der Waals surface area contributed by atoms with Crippen LogP contribution in [0.5, 0.6) is 0 Å². The number of nitrogens with zero attached hydrogens (tertiary/aromatic N) is 3. The van der Waals surface area contributed by atoms with Crippen LogP contribution in [0, 0.1) is 10.1 Å². The highest BCUT2D eigenvalue weighted by molar-refractivity contribution is 5.56. The number of rotatable bonds is 3. The van der Waals surface area contributed by atoms with Gasteiger partial charge in [0.05, 0.1) is 4.92 Å². The number of aliphatic hydroxyl groups is 1. The molecule has 1 N–H and O–H groups in total. The fourth-order valence-corrected chi connectivity index (χ4v) is 1.25. The van der Waals surface area contributed by atoms with Crippen molar-refractivity contribution in [2.75, 3.05) is 0 Å². The SMILES string of the molecule is C[C@H](O)c1nc(-c2ccc([N+](=O)[O-])cc2)no1. The van der Waals surface area contributed by atoms with E-state index >= 15 is 0 Å². The second-order valence-corrected chi connectivity index (χ2v) is 3.44. The molecule has 1 heterocycles. The smallest absolute Gasteiger partial charge is 0.269 e. The molecule has 7 nitrogen and oxygen atoms in total. The van der Waals surface area contributed by atoms with Crippen molar-refractivity contribution >= 4 is 5.69 Å². The van der Waals surface area contributed by atoms with Gasteiger partial charge in [0.25, 0.3) is 11.6 Å². The van der Waals surface area contributed by atoms with Crippen LogP contribution in [0.25, 0.3) is 11.4 Å². The van der Waals surface area contributed by atoms with Crippen LogP contribution >= 0.6 is 0 Å². The van der Waals surface area contributed by atoms with Crippen molar-refractivity contribution in [3.8, 4) is 11.4 Å².